The van der Waals surface area contributed by atoms with Gasteiger partial charge in [0.05, 0.1) is 0 Å². The molecule has 0 aliphatic carbocycles. The normalized spacial score (nSPS) is 17.8. The zero-order valence-corrected chi connectivity index (χ0v) is 10.9. The maximum atomic E-state index is 13.7. The highest BCUT2D eigenvalue weighted by Crippen LogP contribution is 2.20. The highest BCUT2D eigenvalue weighted by Gasteiger charge is 2.19. The summed E-state index contributed by atoms with van der Waals surface area (Å²) in [7, 11) is 0. The van der Waals surface area contributed by atoms with Gasteiger partial charge in [-0.1, -0.05) is 6.92 Å². The number of halogens is 2. The highest BCUT2D eigenvalue weighted by atomic mass is 79.9. The molecular formula is C11H15BrFN3. The van der Waals surface area contributed by atoms with Gasteiger partial charge in [-0.2, -0.15) is 0 Å². The Bertz CT molecular complexity index is 364. The Morgan fingerprint density at radius 3 is 2.62 bits per heavy atom. The molecule has 1 aliphatic rings. The maximum absolute atomic E-state index is 13.7. The van der Waals surface area contributed by atoms with Crippen LogP contribution < -0.4 is 4.90 Å². The number of hydrogen-bond donors (Lipinski definition) is 0. The molecule has 1 aliphatic heterocycles. The third-order valence-corrected chi connectivity index (χ3v) is 3.34. The van der Waals surface area contributed by atoms with E-state index in [9.17, 15) is 4.39 Å². The summed E-state index contributed by atoms with van der Waals surface area (Å²) in [5, 5.41) is 0. The van der Waals surface area contributed by atoms with Gasteiger partial charge in [0.25, 0.3) is 0 Å². The first kappa shape index (κ1) is 11.8. The fourth-order valence-electron chi connectivity index (χ4n) is 1.92. The number of aromatic nitrogens is 1. The molecule has 3 nitrogen and oxygen atoms in total. The number of rotatable bonds is 2. The predicted molar refractivity (Wildman–Crippen MR) is 66.2 cm³/mol. The summed E-state index contributed by atoms with van der Waals surface area (Å²) >= 11 is 3.21. The number of pyridine rings is 1. The molecule has 2 rings (SSSR count). The van der Waals surface area contributed by atoms with Crippen LogP contribution in [0.1, 0.15) is 6.92 Å². The van der Waals surface area contributed by atoms with E-state index in [-0.39, 0.29) is 5.82 Å². The van der Waals surface area contributed by atoms with Crippen LogP contribution in [0.25, 0.3) is 0 Å². The van der Waals surface area contributed by atoms with Crippen molar-refractivity contribution in [1.82, 2.24) is 9.88 Å². The zero-order chi connectivity index (χ0) is 11.5. The molecule has 0 spiro atoms. The van der Waals surface area contributed by atoms with Crippen LogP contribution in [0.2, 0.25) is 0 Å². The number of piperazine rings is 1. The molecule has 0 unspecified atom stereocenters. The van der Waals surface area contributed by atoms with Crippen molar-refractivity contribution in [2.75, 3.05) is 37.6 Å². The lowest BCUT2D eigenvalue weighted by molar-refractivity contribution is 0.269. The van der Waals surface area contributed by atoms with Gasteiger partial charge in [0.1, 0.15) is 0 Å². The minimum atomic E-state index is -0.251. The Kier molecular flexibility index (Phi) is 3.76. The van der Waals surface area contributed by atoms with Crippen molar-refractivity contribution in [1.29, 1.82) is 0 Å². The van der Waals surface area contributed by atoms with Gasteiger partial charge in [-0.15, -0.1) is 0 Å². The quantitative estimate of drug-likeness (QED) is 0.831. The fourth-order valence-corrected chi connectivity index (χ4v) is 2.22. The van der Waals surface area contributed by atoms with Gasteiger partial charge >= 0.3 is 0 Å². The second-order valence-electron chi connectivity index (χ2n) is 3.88. The maximum Gasteiger partial charge on any atom is 0.166 e. The third kappa shape index (κ3) is 2.52. The smallest absolute Gasteiger partial charge is 0.166 e. The van der Waals surface area contributed by atoms with Gasteiger partial charge in [-0.05, 0) is 28.5 Å². The van der Waals surface area contributed by atoms with E-state index in [0.717, 1.165) is 32.7 Å². The largest absolute Gasteiger partial charge is 0.352 e. The molecular weight excluding hydrogens is 273 g/mol. The number of hydrogen-bond acceptors (Lipinski definition) is 3. The lowest BCUT2D eigenvalue weighted by Crippen LogP contribution is -2.46. The SMILES string of the molecule is CCN1CCN(c2ncc(Br)cc2F)CC1. The van der Waals surface area contributed by atoms with Crippen LogP contribution in [0.15, 0.2) is 16.7 Å². The Labute approximate surface area is 103 Å². The summed E-state index contributed by atoms with van der Waals surface area (Å²) < 4.78 is 14.3. The number of anilines is 1. The molecule has 0 bridgehead atoms. The standard InChI is InChI=1S/C11H15BrFN3/c1-2-15-3-5-16(6-4-15)11-10(13)7-9(12)8-14-11/h7-8H,2-6H2,1H3. The van der Waals surface area contributed by atoms with E-state index in [1.54, 1.807) is 6.20 Å². The minimum Gasteiger partial charge on any atom is -0.352 e. The van der Waals surface area contributed by atoms with Crippen molar-refractivity contribution in [2.45, 2.75) is 6.92 Å². The Balaban J connectivity index is 2.08. The molecule has 1 saturated heterocycles. The van der Waals surface area contributed by atoms with E-state index in [1.165, 1.54) is 6.07 Å². The third-order valence-electron chi connectivity index (χ3n) is 2.91. The van der Waals surface area contributed by atoms with E-state index in [4.69, 9.17) is 0 Å². The molecule has 0 aromatic carbocycles. The molecule has 0 N–H and O–H groups in total. The first-order chi connectivity index (χ1) is 7.70. The van der Waals surface area contributed by atoms with Crippen molar-refractivity contribution in [2.24, 2.45) is 0 Å². The molecule has 5 heteroatoms. The average Bonchev–Trinajstić information content (AvgIpc) is 2.29. The van der Waals surface area contributed by atoms with Crippen LogP contribution in [-0.2, 0) is 0 Å². The lowest BCUT2D eigenvalue weighted by Gasteiger charge is -2.34. The Hall–Kier alpha value is -0.680. The predicted octanol–water partition coefficient (Wildman–Crippen LogP) is 2.13. The van der Waals surface area contributed by atoms with Gasteiger partial charge in [0, 0.05) is 36.8 Å². The molecule has 1 aromatic rings. The van der Waals surface area contributed by atoms with Crippen molar-refractivity contribution < 1.29 is 4.39 Å². The molecule has 16 heavy (non-hydrogen) atoms. The van der Waals surface area contributed by atoms with Gasteiger partial charge < -0.3 is 9.80 Å². The topological polar surface area (TPSA) is 19.4 Å². The van der Waals surface area contributed by atoms with Crippen LogP contribution in [0, 0.1) is 5.82 Å². The molecule has 0 amide bonds. The molecule has 2 heterocycles. The molecule has 0 radical (unpaired) electrons. The summed E-state index contributed by atoms with van der Waals surface area (Å²) in [4.78, 5) is 8.50. The number of likely N-dealkylation sites (N-methyl/N-ethyl adjacent to an activating group) is 1. The summed E-state index contributed by atoms with van der Waals surface area (Å²) in [5.41, 5.74) is 0. The summed E-state index contributed by atoms with van der Waals surface area (Å²) in [5.74, 6) is 0.221. The van der Waals surface area contributed by atoms with E-state index in [0.29, 0.717) is 10.3 Å². The lowest BCUT2D eigenvalue weighted by atomic mass is 10.3. The van der Waals surface area contributed by atoms with E-state index >= 15 is 0 Å². The van der Waals surface area contributed by atoms with E-state index < -0.39 is 0 Å². The van der Waals surface area contributed by atoms with Gasteiger partial charge in [0.15, 0.2) is 11.6 Å². The summed E-state index contributed by atoms with van der Waals surface area (Å²) in [6, 6.07) is 1.47. The first-order valence-electron chi connectivity index (χ1n) is 5.49. The van der Waals surface area contributed by atoms with Crippen molar-refractivity contribution in [3.05, 3.63) is 22.6 Å². The van der Waals surface area contributed by atoms with Gasteiger partial charge in [-0.3, -0.25) is 0 Å². The molecule has 88 valence electrons. The van der Waals surface area contributed by atoms with Crippen molar-refractivity contribution in [3.8, 4) is 0 Å². The van der Waals surface area contributed by atoms with Gasteiger partial charge in [0.2, 0.25) is 0 Å². The fraction of sp³-hybridized carbons (Fsp3) is 0.545. The van der Waals surface area contributed by atoms with Crippen LogP contribution >= 0.6 is 15.9 Å². The van der Waals surface area contributed by atoms with Crippen molar-refractivity contribution >= 4 is 21.7 Å². The second kappa shape index (κ2) is 5.10. The van der Waals surface area contributed by atoms with Crippen LogP contribution in [0.3, 0.4) is 0 Å². The van der Waals surface area contributed by atoms with E-state index in [2.05, 4.69) is 32.7 Å². The summed E-state index contributed by atoms with van der Waals surface area (Å²) in [6.07, 6.45) is 1.64. The Morgan fingerprint density at radius 1 is 1.38 bits per heavy atom. The van der Waals surface area contributed by atoms with Crippen LogP contribution in [-0.4, -0.2) is 42.6 Å². The van der Waals surface area contributed by atoms with E-state index in [1.807, 2.05) is 4.90 Å². The van der Waals surface area contributed by atoms with Crippen LogP contribution in [0.4, 0.5) is 10.2 Å². The Morgan fingerprint density at radius 2 is 2.06 bits per heavy atom. The first-order valence-corrected chi connectivity index (χ1v) is 6.28. The molecule has 0 saturated carbocycles. The van der Waals surface area contributed by atoms with Gasteiger partial charge in [-0.25, -0.2) is 9.37 Å². The molecule has 1 aromatic heterocycles. The highest BCUT2D eigenvalue weighted by molar-refractivity contribution is 9.10. The van der Waals surface area contributed by atoms with Crippen molar-refractivity contribution in [3.63, 3.8) is 0 Å². The zero-order valence-electron chi connectivity index (χ0n) is 9.29. The second-order valence-corrected chi connectivity index (χ2v) is 4.80. The minimum absolute atomic E-state index is 0.251. The molecule has 0 atom stereocenters. The summed E-state index contributed by atoms with van der Waals surface area (Å²) in [6.45, 7) is 6.86. The monoisotopic (exact) mass is 287 g/mol. The average molecular weight is 288 g/mol. The molecule has 1 fully saturated rings. The number of nitrogens with zero attached hydrogens (tertiary/aromatic N) is 3. The van der Waals surface area contributed by atoms with Crippen LogP contribution in [0.5, 0.6) is 0 Å².